The zero-order valence-corrected chi connectivity index (χ0v) is 15.9. The highest BCUT2D eigenvalue weighted by molar-refractivity contribution is 6.33. The normalized spacial score (nSPS) is 10.8. The van der Waals surface area contributed by atoms with Crippen molar-refractivity contribution in [2.75, 3.05) is 11.9 Å². The minimum absolute atomic E-state index is 0.243. The van der Waals surface area contributed by atoms with E-state index in [0.29, 0.717) is 45.7 Å². The van der Waals surface area contributed by atoms with Gasteiger partial charge in [0.1, 0.15) is 11.3 Å². The summed E-state index contributed by atoms with van der Waals surface area (Å²) in [5.74, 6) is 0.812. The van der Waals surface area contributed by atoms with E-state index in [1.165, 1.54) is 0 Å². The van der Waals surface area contributed by atoms with Crippen molar-refractivity contribution < 1.29 is 13.9 Å². The number of benzene rings is 3. The van der Waals surface area contributed by atoms with Crippen LogP contribution in [-0.4, -0.2) is 17.5 Å². The van der Waals surface area contributed by atoms with E-state index in [1.54, 1.807) is 36.4 Å². The fraction of sp³-hybridized carbons (Fsp3) is 0.0909. The van der Waals surface area contributed by atoms with Crippen molar-refractivity contribution in [1.29, 1.82) is 0 Å². The van der Waals surface area contributed by atoms with Crippen LogP contribution in [-0.2, 0) is 0 Å². The molecule has 1 N–H and O–H groups in total. The van der Waals surface area contributed by atoms with Gasteiger partial charge in [0.15, 0.2) is 5.58 Å². The van der Waals surface area contributed by atoms with Crippen LogP contribution in [0.25, 0.3) is 22.6 Å². The second kappa shape index (κ2) is 7.74. The van der Waals surface area contributed by atoms with Crippen LogP contribution in [0.15, 0.2) is 71.1 Å². The fourth-order valence-corrected chi connectivity index (χ4v) is 3.05. The molecule has 4 aromatic rings. The fourth-order valence-electron chi connectivity index (χ4n) is 2.85. The molecule has 1 aromatic heterocycles. The molecule has 0 saturated heterocycles. The van der Waals surface area contributed by atoms with E-state index in [4.69, 9.17) is 20.8 Å². The predicted octanol–water partition coefficient (Wildman–Crippen LogP) is 5.80. The van der Waals surface area contributed by atoms with Gasteiger partial charge in [0, 0.05) is 11.3 Å². The molecule has 4 rings (SSSR count). The van der Waals surface area contributed by atoms with E-state index in [2.05, 4.69) is 10.3 Å². The lowest BCUT2D eigenvalue weighted by Gasteiger charge is -2.09. The lowest BCUT2D eigenvalue weighted by Crippen LogP contribution is -2.12. The number of carbonyl (C=O) groups excluding carboxylic acids is 1. The molecule has 1 heterocycles. The van der Waals surface area contributed by atoms with Crippen LogP contribution in [0.5, 0.6) is 5.75 Å². The summed E-state index contributed by atoms with van der Waals surface area (Å²) in [6.45, 7) is 2.43. The molecule has 0 saturated carbocycles. The molecule has 0 atom stereocenters. The standard InChI is InChI=1S/C22H17ClN2O3/c1-2-27-16-7-5-6-14(12-16)21(26)24-15-10-11-18(23)17(13-15)22-25-19-8-3-4-9-20(19)28-22/h3-13H,2H2,1H3,(H,24,26). The average molecular weight is 393 g/mol. The van der Waals surface area contributed by atoms with Crippen LogP contribution in [0.1, 0.15) is 17.3 Å². The number of hydrogen-bond acceptors (Lipinski definition) is 4. The Labute approximate surface area is 166 Å². The molecular formula is C22H17ClN2O3. The van der Waals surface area contributed by atoms with Crippen molar-refractivity contribution in [2.45, 2.75) is 6.92 Å². The minimum atomic E-state index is -0.243. The first-order chi connectivity index (χ1) is 13.6. The number of fused-ring (bicyclic) bond motifs is 1. The Hall–Kier alpha value is -3.31. The number of para-hydroxylation sites is 2. The number of amides is 1. The van der Waals surface area contributed by atoms with E-state index in [-0.39, 0.29) is 5.91 Å². The van der Waals surface area contributed by atoms with Gasteiger partial charge in [-0.3, -0.25) is 4.79 Å². The van der Waals surface area contributed by atoms with Crippen molar-refractivity contribution in [3.8, 4) is 17.2 Å². The number of nitrogens with zero attached hydrogens (tertiary/aromatic N) is 1. The number of halogens is 1. The van der Waals surface area contributed by atoms with Crippen LogP contribution in [0.3, 0.4) is 0 Å². The monoisotopic (exact) mass is 392 g/mol. The molecular weight excluding hydrogens is 376 g/mol. The Morgan fingerprint density at radius 2 is 1.96 bits per heavy atom. The third-order valence-electron chi connectivity index (χ3n) is 4.16. The summed E-state index contributed by atoms with van der Waals surface area (Å²) < 4.78 is 11.2. The minimum Gasteiger partial charge on any atom is -0.494 e. The first kappa shape index (κ1) is 18.1. The molecule has 0 aliphatic rings. The molecule has 0 aliphatic heterocycles. The first-order valence-electron chi connectivity index (χ1n) is 8.84. The molecule has 0 fully saturated rings. The van der Waals surface area contributed by atoms with E-state index in [1.807, 2.05) is 37.3 Å². The maximum Gasteiger partial charge on any atom is 0.255 e. The van der Waals surface area contributed by atoms with Gasteiger partial charge in [-0.15, -0.1) is 0 Å². The smallest absolute Gasteiger partial charge is 0.255 e. The summed E-state index contributed by atoms with van der Waals surface area (Å²) >= 11 is 6.34. The highest BCUT2D eigenvalue weighted by atomic mass is 35.5. The van der Waals surface area contributed by atoms with Crippen LogP contribution >= 0.6 is 11.6 Å². The molecule has 0 aliphatic carbocycles. The van der Waals surface area contributed by atoms with Gasteiger partial charge in [0.05, 0.1) is 17.2 Å². The van der Waals surface area contributed by atoms with Crippen molar-refractivity contribution in [2.24, 2.45) is 0 Å². The van der Waals surface area contributed by atoms with Crippen LogP contribution in [0, 0.1) is 0 Å². The lowest BCUT2D eigenvalue weighted by molar-refractivity contribution is 0.102. The Balaban J connectivity index is 1.62. The van der Waals surface area contributed by atoms with E-state index < -0.39 is 0 Å². The Morgan fingerprint density at radius 1 is 1.11 bits per heavy atom. The van der Waals surface area contributed by atoms with Crippen molar-refractivity contribution >= 4 is 34.3 Å². The van der Waals surface area contributed by atoms with Crippen LogP contribution in [0.4, 0.5) is 5.69 Å². The highest BCUT2D eigenvalue weighted by Gasteiger charge is 2.14. The quantitative estimate of drug-likeness (QED) is 0.466. The van der Waals surface area contributed by atoms with Gasteiger partial charge in [0.25, 0.3) is 5.91 Å². The van der Waals surface area contributed by atoms with Crippen molar-refractivity contribution in [1.82, 2.24) is 4.98 Å². The molecule has 6 heteroatoms. The van der Waals surface area contributed by atoms with E-state index in [9.17, 15) is 4.79 Å². The van der Waals surface area contributed by atoms with Crippen molar-refractivity contribution in [3.05, 3.63) is 77.3 Å². The van der Waals surface area contributed by atoms with Gasteiger partial charge in [-0.05, 0) is 55.5 Å². The maximum absolute atomic E-state index is 12.6. The average Bonchev–Trinajstić information content (AvgIpc) is 3.14. The molecule has 140 valence electrons. The molecule has 3 aromatic carbocycles. The van der Waals surface area contributed by atoms with E-state index in [0.717, 1.165) is 5.52 Å². The summed E-state index contributed by atoms with van der Waals surface area (Å²) in [5, 5.41) is 3.36. The largest absolute Gasteiger partial charge is 0.494 e. The summed E-state index contributed by atoms with van der Waals surface area (Å²) in [5.41, 5.74) is 3.13. The molecule has 0 bridgehead atoms. The molecule has 5 nitrogen and oxygen atoms in total. The Morgan fingerprint density at radius 3 is 2.79 bits per heavy atom. The third kappa shape index (κ3) is 3.70. The van der Waals surface area contributed by atoms with E-state index >= 15 is 0 Å². The number of anilines is 1. The number of oxazole rings is 1. The highest BCUT2D eigenvalue weighted by Crippen LogP contribution is 2.32. The maximum atomic E-state index is 12.6. The molecule has 28 heavy (non-hydrogen) atoms. The van der Waals surface area contributed by atoms with Gasteiger partial charge in [0.2, 0.25) is 5.89 Å². The number of ether oxygens (including phenoxy) is 1. The van der Waals surface area contributed by atoms with Gasteiger partial charge in [-0.2, -0.15) is 0 Å². The number of rotatable bonds is 5. The molecule has 1 amide bonds. The Kier molecular flexibility index (Phi) is 5.00. The zero-order valence-electron chi connectivity index (χ0n) is 15.1. The number of hydrogen-bond donors (Lipinski definition) is 1. The first-order valence-corrected chi connectivity index (χ1v) is 9.21. The second-order valence-electron chi connectivity index (χ2n) is 6.10. The topological polar surface area (TPSA) is 64.4 Å². The van der Waals surface area contributed by atoms with Gasteiger partial charge >= 0.3 is 0 Å². The predicted molar refractivity (Wildman–Crippen MR) is 110 cm³/mol. The zero-order chi connectivity index (χ0) is 19.5. The van der Waals surface area contributed by atoms with Crippen LogP contribution < -0.4 is 10.1 Å². The van der Waals surface area contributed by atoms with Crippen LogP contribution in [0.2, 0.25) is 5.02 Å². The van der Waals surface area contributed by atoms with Gasteiger partial charge in [-0.25, -0.2) is 4.98 Å². The van der Waals surface area contributed by atoms with Gasteiger partial charge < -0.3 is 14.5 Å². The summed E-state index contributed by atoms with van der Waals surface area (Å²) in [4.78, 5) is 17.1. The number of carbonyl (C=O) groups is 1. The summed E-state index contributed by atoms with van der Waals surface area (Å²) in [7, 11) is 0. The number of aromatic nitrogens is 1. The molecule has 0 radical (unpaired) electrons. The van der Waals surface area contributed by atoms with Crippen molar-refractivity contribution in [3.63, 3.8) is 0 Å². The van der Waals surface area contributed by atoms with Gasteiger partial charge in [-0.1, -0.05) is 29.8 Å². The SMILES string of the molecule is CCOc1cccc(C(=O)Nc2ccc(Cl)c(-c3nc4ccccc4o3)c2)c1. The second-order valence-corrected chi connectivity index (χ2v) is 6.50. The summed E-state index contributed by atoms with van der Waals surface area (Å²) in [6.07, 6.45) is 0. The molecule has 0 spiro atoms. The molecule has 0 unspecified atom stereocenters. The number of nitrogens with one attached hydrogen (secondary N) is 1. The third-order valence-corrected chi connectivity index (χ3v) is 4.49. The summed E-state index contributed by atoms with van der Waals surface area (Å²) in [6, 6.07) is 19.7. The Bertz CT molecular complexity index is 1120. The lowest BCUT2D eigenvalue weighted by atomic mass is 10.1.